The van der Waals surface area contributed by atoms with E-state index in [9.17, 15) is 4.79 Å². The molecule has 0 radical (unpaired) electrons. The summed E-state index contributed by atoms with van der Waals surface area (Å²) in [5.74, 6) is 0.645. The first-order valence-corrected chi connectivity index (χ1v) is 7.01. The Morgan fingerprint density at radius 3 is 2.70 bits per heavy atom. The van der Waals surface area contributed by atoms with E-state index in [1.165, 1.54) is 12.8 Å². The molecule has 2 N–H and O–H groups in total. The first-order chi connectivity index (χ1) is 9.26. The van der Waals surface area contributed by atoms with Crippen LogP contribution in [0.15, 0.2) is 17.6 Å². The highest BCUT2D eigenvalue weighted by atomic mass is 127. The van der Waals surface area contributed by atoms with Crippen molar-refractivity contribution in [3.8, 4) is 0 Å². The molecule has 1 saturated carbocycles. The highest BCUT2D eigenvalue weighted by molar-refractivity contribution is 14.0. The van der Waals surface area contributed by atoms with E-state index in [2.05, 4.69) is 22.2 Å². The molecule has 1 fully saturated rings. The standard InChI is InChI=1S/C14H25N3O2.HI/c1-3-10-16-14(15-2)17-11-6-9-13(18)19-12-7-4-5-8-12;/h3,12H,1,4-11H2,2H3,(H2,15,16,17);1H. The Hall–Kier alpha value is -0.790. The van der Waals surface area contributed by atoms with Crippen molar-refractivity contribution in [1.82, 2.24) is 10.6 Å². The molecule has 0 atom stereocenters. The molecule has 0 aromatic rings. The third-order valence-electron chi connectivity index (χ3n) is 3.09. The van der Waals surface area contributed by atoms with Crippen molar-refractivity contribution < 1.29 is 9.53 Å². The van der Waals surface area contributed by atoms with E-state index in [0.29, 0.717) is 19.5 Å². The van der Waals surface area contributed by atoms with Crippen molar-refractivity contribution >= 4 is 35.9 Å². The molecular weight excluding hydrogens is 369 g/mol. The minimum absolute atomic E-state index is 0. The number of carbonyl (C=O) groups is 1. The minimum Gasteiger partial charge on any atom is -0.462 e. The Kier molecular flexibility index (Phi) is 11.5. The first kappa shape index (κ1) is 19.2. The molecule has 6 heteroatoms. The summed E-state index contributed by atoms with van der Waals surface area (Å²) >= 11 is 0. The van der Waals surface area contributed by atoms with Crippen LogP contribution >= 0.6 is 24.0 Å². The second kappa shape index (κ2) is 12.0. The molecule has 0 heterocycles. The van der Waals surface area contributed by atoms with Crippen LogP contribution in [0.4, 0.5) is 0 Å². The highest BCUT2D eigenvalue weighted by Gasteiger charge is 2.18. The Morgan fingerprint density at radius 1 is 1.40 bits per heavy atom. The summed E-state index contributed by atoms with van der Waals surface area (Å²) < 4.78 is 5.38. The van der Waals surface area contributed by atoms with Crippen LogP contribution in [-0.4, -0.2) is 38.2 Å². The van der Waals surface area contributed by atoms with Gasteiger partial charge in [0.05, 0.1) is 0 Å². The monoisotopic (exact) mass is 395 g/mol. The lowest BCUT2D eigenvalue weighted by atomic mass is 10.3. The summed E-state index contributed by atoms with van der Waals surface area (Å²) in [6.07, 6.45) is 7.58. The van der Waals surface area contributed by atoms with Gasteiger partial charge in [-0.15, -0.1) is 30.6 Å². The van der Waals surface area contributed by atoms with Crippen LogP contribution in [0.1, 0.15) is 38.5 Å². The van der Waals surface area contributed by atoms with Gasteiger partial charge in [0.25, 0.3) is 0 Å². The predicted octanol–water partition coefficient (Wildman–Crippen LogP) is 2.22. The molecule has 0 saturated heterocycles. The van der Waals surface area contributed by atoms with Crippen LogP contribution in [-0.2, 0) is 9.53 Å². The fourth-order valence-electron chi connectivity index (χ4n) is 2.08. The number of hydrogen-bond acceptors (Lipinski definition) is 3. The van der Waals surface area contributed by atoms with Gasteiger partial charge in [-0.1, -0.05) is 6.08 Å². The number of guanidine groups is 1. The molecule has 1 rings (SSSR count). The number of nitrogens with one attached hydrogen (secondary N) is 2. The fraction of sp³-hybridized carbons (Fsp3) is 0.714. The molecule has 0 unspecified atom stereocenters. The van der Waals surface area contributed by atoms with Gasteiger partial charge in [0.15, 0.2) is 5.96 Å². The topological polar surface area (TPSA) is 62.7 Å². The second-order valence-corrected chi connectivity index (χ2v) is 4.67. The van der Waals surface area contributed by atoms with Gasteiger partial charge in [-0.25, -0.2) is 0 Å². The number of esters is 1. The zero-order valence-corrected chi connectivity index (χ0v) is 14.5. The molecule has 0 aromatic heterocycles. The summed E-state index contributed by atoms with van der Waals surface area (Å²) in [5.41, 5.74) is 0. The van der Waals surface area contributed by atoms with Gasteiger partial charge in [0.2, 0.25) is 0 Å². The molecule has 0 aromatic carbocycles. The molecule has 1 aliphatic rings. The Labute approximate surface area is 138 Å². The smallest absolute Gasteiger partial charge is 0.306 e. The van der Waals surface area contributed by atoms with Crippen LogP contribution in [0.25, 0.3) is 0 Å². The third kappa shape index (κ3) is 8.39. The summed E-state index contributed by atoms with van der Waals surface area (Å²) in [6.45, 7) is 5.00. The molecule has 0 aliphatic heterocycles. The van der Waals surface area contributed by atoms with Gasteiger partial charge < -0.3 is 15.4 Å². The quantitative estimate of drug-likeness (QED) is 0.173. The number of carbonyl (C=O) groups excluding carboxylic acids is 1. The van der Waals surface area contributed by atoms with Gasteiger partial charge in [-0.05, 0) is 32.1 Å². The van der Waals surface area contributed by atoms with Crippen molar-refractivity contribution in [3.05, 3.63) is 12.7 Å². The van der Waals surface area contributed by atoms with Crippen molar-refractivity contribution in [2.75, 3.05) is 20.1 Å². The lowest BCUT2D eigenvalue weighted by Crippen LogP contribution is -2.37. The van der Waals surface area contributed by atoms with E-state index in [0.717, 1.165) is 25.2 Å². The Balaban J connectivity index is 0.00000361. The van der Waals surface area contributed by atoms with Gasteiger partial charge in [0, 0.05) is 26.6 Å². The number of ether oxygens (including phenoxy) is 1. The number of halogens is 1. The van der Waals surface area contributed by atoms with Crippen LogP contribution in [0.5, 0.6) is 0 Å². The Bertz CT molecular complexity index is 316. The van der Waals surface area contributed by atoms with Crippen molar-refractivity contribution in [2.45, 2.75) is 44.6 Å². The summed E-state index contributed by atoms with van der Waals surface area (Å²) in [5, 5.41) is 6.21. The van der Waals surface area contributed by atoms with E-state index < -0.39 is 0 Å². The van der Waals surface area contributed by atoms with E-state index in [1.54, 1.807) is 13.1 Å². The van der Waals surface area contributed by atoms with E-state index in [1.807, 2.05) is 0 Å². The summed E-state index contributed by atoms with van der Waals surface area (Å²) in [7, 11) is 1.72. The maximum absolute atomic E-state index is 11.6. The zero-order chi connectivity index (χ0) is 13.9. The molecule has 0 spiro atoms. The molecule has 20 heavy (non-hydrogen) atoms. The molecule has 1 aliphatic carbocycles. The lowest BCUT2D eigenvalue weighted by Gasteiger charge is -2.12. The SMILES string of the molecule is C=CCNC(=NC)NCCCC(=O)OC1CCCC1.I. The Morgan fingerprint density at radius 2 is 2.10 bits per heavy atom. The average molecular weight is 395 g/mol. The normalized spacial score (nSPS) is 15.3. The molecule has 116 valence electrons. The van der Waals surface area contributed by atoms with E-state index >= 15 is 0 Å². The van der Waals surface area contributed by atoms with Gasteiger partial charge >= 0.3 is 5.97 Å². The minimum atomic E-state index is -0.0808. The predicted molar refractivity (Wildman–Crippen MR) is 92.6 cm³/mol. The molecular formula is C14H26IN3O2. The van der Waals surface area contributed by atoms with Crippen LogP contribution < -0.4 is 10.6 Å². The maximum atomic E-state index is 11.6. The van der Waals surface area contributed by atoms with E-state index in [-0.39, 0.29) is 36.0 Å². The van der Waals surface area contributed by atoms with E-state index in [4.69, 9.17) is 4.74 Å². The van der Waals surface area contributed by atoms with Crippen molar-refractivity contribution in [2.24, 2.45) is 4.99 Å². The largest absolute Gasteiger partial charge is 0.462 e. The van der Waals surface area contributed by atoms with Crippen LogP contribution in [0, 0.1) is 0 Å². The van der Waals surface area contributed by atoms with Crippen molar-refractivity contribution in [1.29, 1.82) is 0 Å². The number of hydrogen-bond donors (Lipinski definition) is 2. The van der Waals surface area contributed by atoms with Crippen LogP contribution in [0.3, 0.4) is 0 Å². The number of nitrogens with zero attached hydrogens (tertiary/aromatic N) is 1. The summed E-state index contributed by atoms with van der Waals surface area (Å²) in [6, 6.07) is 0. The van der Waals surface area contributed by atoms with Gasteiger partial charge in [0.1, 0.15) is 6.10 Å². The molecule has 0 bridgehead atoms. The highest BCUT2D eigenvalue weighted by Crippen LogP contribution is 2.21. The average Bonchev–Trinajstić information content (AvgIpc) is 2.90. The maximum Gasteiger partial charge on any atom is 0.306 e. The van der Waals surface area contributed by atoms with Gasteiger partial charge in [-0.3, -0.25) is 9.79 Å². The second-order valence-electron chi connectivity index (χ2n) is 4.67. The van der Waals surface area contributed by atoms with Gasteiger partial charge in [-0.2, -0.15) is 0 Å². The third-order valence-corrected chi connectivity index (χ3v) is 3.09. The number of aliphatic imine (C=N–C) groups is 1. The zero-order valence-electron chi connectivity index (χ0n) is 12.2. The molecule has 5 nitrogen and oxygen atoms in total. The van der Waals surface area contributed by atoms with Crippen LogP contribution in [0.2, 0.25) is 0 Å². The summed E-state index contributed by atoms with van der Waals surface area (Å²) in [4.78, 5) is 15.6. The van der Waals surface area contributed by atoms with Crippen molar-refractivity contribution in [3.63, 3.8) is 0 Å². The number of rotatable bonds is 7. The fourth-order valence-corrected chi connectivity index (χ4v) is 2.08. The lowest BCUT2D eigenvalue weighted by molar-refractivity contribution is -0.148. The first-order valence-electron chi connectivity index (χ1n) is 7.01. The molecule has 0 amide bonds.